The molecule has 0 radical (unpaired) electrons. The van der Waals surface area contributed by atoms with E-state index in [4.69, 9.17) is 10.1 Å². The van der Waals surface area contributed by atoms with Crippen LogP contribution in [0.5, 0.6) is 0 Å². The lowest BCUT2D eigenvalue weighted by Gasteiger charge is -1.98. The average molecular weight is 172 g/mol. The fraction of sp³-hybridized carbons (Fsp3) is 0.571. The predicted molar refractivity (Wildman–Crippen MR) is 44.8 cm³/mol. The van der Waals surface area contributed by atoms with E-state index in [0.717, 1.165) is 6.54 Å². The summed E-state index contributed by atoms with van der Waals surface area (Å²) in [5.74, 6) is 0. The molecule has 0 saturated carbocycles. The van der Waals surface area contributed by atoms with E-state index in [1.54, 1.807) is 7.11 Å². The molecule has 0 fully saturated rings. The molecule has 1 heterocycles. The average Bonchev–Trinajstić information content (AvgIpc) is 2.26. The van der Waals surface area contributed by atoms with E-state index in [9.17, 15) is 0 Å². The Kier molecular flexibility index (Phi) is 2.84. The topological polar surface area (TPSA) is 38.0 Å². The maximum atomic E-state index is 7.50. The van der Waals surface area contributed by atoms with E-state index in [2.05, 4.69) is 0 Å². The van der Waals surface area contributed by atoms with E-state index in [-0.39, 0.29) is 0 Å². The van der Waals surface area contributed by atoms with Gasteiger partial charge in [0.2, 0.25) is 0 Å². The second-order valence-corrected chi connectivity index (χ2v) is 3.57. The first kappa shape index (κ1) is 8.49. The summed E-state index contributed by atoms with van der Waals surface area (Å²) in [4.78, 5) is 1.77. The Morgan fingerprint density at radius 1 is 1.73 bits per heavy atom. The molecule has 0 aliphatic carbocycles. The van der Waals surface area contributed by atoms with Crippen molar-refractivity contribution >= 4 is 11.3 Å². The molecule has 0 aromatic carbocycles. The van der Waals surface area contributed by atoms with Crippen LogP contribution in [-0.4, -0.2) is 18.3 Å². The minimum Gasteiger partial charge on any atom is -0.383 e. The molecular weight excluding hydrogens is 160 g/mol. The standard InChI is InChI=1S/C7H12N2OS/c1-6-5-9(3-4-10-2)7(8)11-6/h5,8H,3-4H2,1-2H3. The highest BCUT2D eigenvalue weighted by molar-refractivity contribution is 7.09. The molecule has 0 unspecified atom stereocenters. The van der Waals surface area contributed by atoms with Crippen molar-refractivity contribution in [3.63, 3.8) is 0 Å². The molecule has 0 spiro atoms. The summed E-state index contributed by atoms with van der Waals surface area (Å²) in [5, 5.41) is 7.50. The first-order valence-corrected chi connectivity index (χ1v) is 4.26. The highest BCUT2D eigenvalue weighted by Crippen LogP contribution is 1.99. The van der Waals surface area contributed by atoms with Gasteiger partial charge >= 0.3 is 0 Å². The quantitative estimate of drug-likeness (QED) is 0.725. The monoisotopic (exact) mass is 172 g/mol. The molecule has 11 heavy (non-hydrogen) atoms. The summed E-state index contributed by atoms with van der Waals surface area (Å²) in [6.45, 7) is 3.46. The largest absolute Gasteiger partial charge is 0.383 e. The number of ether oxygens (including phenoxy) is 1. The van der Waals surface area contributed by atoms with Crippen molar-refractivity contribution in [2.24, 2.45) is 0 Å². The number of nitrogens with one attached hydrogen (secondary N) is 1. The van der Waals surface area contributed by atoms with E-state index in [1.165, 1.54) is 16.2 Å². The van der Waals surface area contributed by atoms with Gasteiger partial charge in [0.05, 0.1) is 6.61 Å². The normalized spacial score (nSPS) is 10.4. The summed E-state index contributed by atoms with van der Waals surface area (Å²) in [6.07, 6.45) is 1.98. The Labute approximate surface area is 69.8 Å². The van der Waals surface area contributed by atoms with E-state index in [1.807, 2.05) is 17.7 Å². The van der Waals surface area contributed by atoms with Gasteiger partial charge < -0.3 is 9.30 Å². The minimum atomic E-state index is 0.597. The summed E-state index contributed by atoms with van der Waals surface area (Å²) in [5.41, 5.74) is 0. The molecule has 3 nitrogen and oxygen atoms in total. The second-order valence-electron chi connectivity index (χ2n) is 2.33. The van der Waals surface area contributed by atoms with Crippen molar-refractivity contribution in [2.75, 3.05) is 13.7 Å². The van der Waals surface area contributed by atoms with Gasteiger partial charge in [-0.3, -0.25) is 5.41 Å². The number of aryl methyl sites for hydroxylation is 1. The molecule has 0 aliphatic heterocycles. The third-order valence-electron chi connectivity index (χ3n) is 1.39. The van der Waals surface area contributed by atoms with Crippen LogP contribution in [0.2, 0.25) is 0 Å². The summed E-state index contributed by atoms with van der Waals surface area (Å²) < 4.78 is 6.80. The zero-order valence-electron chi connectivity index (χ0n) is 6.76. The first-order chi connectivity index (χ1) is 5.24. The zero-order valence-corrected chi connectivity index (χ0v) is 7.57. The number of aromatic nitrogens is 1. The van der Waals surface area contributed by atoms with Gasteiger partial charge in [0.25, 0.3) is 0 Å². The van der Waals surface area contributed by atoms with Crippen LogP contribution in [0.3, 0.4) is 0 Å². The number of thiazole rings is 1. The first-order valence-electron chi connectivity index (χ1n) is 3.44. The summed E-state index contributed by atoms with van der Waals surface area (Å²) in [6, 6.07) is 0. The van der Waals surface area contributed by atoms with Gasteiger partial charge in [0.1, 0.15) is 0 Å². The van der Waals surface area contributed by atoms with Crippen LogP contribution < -0.4 is 4.80 Å². The van der Waals surface area contributed by atoms with Crippen molar-refractivity contribution in [3.05, 3.63) is 15.9 Å². The van der Waals surface area contributed by atoms with Gasteiger partial charge in [-0.1, -0.05) is 0 Å². The molecule has 0 atom stereocenters. The molecule has 0 saturated heterocycles. The number of hydrogen-bond acceptors (Lipinski definition) is 3. The van der Waals surface area contributed by atoms with E-state index < -0.39 is 0 Å². The van der Waals surface area contributed by atoms with E-state index in [0.29, 0.717) is 11.4 Å². The van der Waals surface area contributed by atoms with Crippen LogP contribution in [0.1, 0.15) is 4.88 Å². The Balaban J connectivity index is 2.70. The van der Waals surface area contributed by atoms with Gasteiger partial charge in [-0.2, -0.15) is 0 Å². The van der Waals surface area contributed by atoms with Crippen molar-refractivity contribution in [3.8, 4) is 0 Å². The number of rotatable bonds is 3. The van der Waals surface area contributed by atoms with Crippen LogP contribution in [0.15, 0.2) is 6.20 Å². The molecule has 62 valence electrons. The van der Waals surface area contributed by atoms with Gasteiger partial charge in [0.15, 0.2) is 4.80 Å². The lowest BCUT2D eigenvalue weighted by Crippen LogP contribution is -2.14. The number of nitrogens with zero attached hydrogens (tertiary/aromatic N) is 1. The molecular formula is C7H12N2OS. The Bertz CT molecular complexity index is 276. The smallest absolute Gasteiger partial charge is 0.182 e. The maximum absolute atomic E-state index is 7.50. The van der Waals surface area contributed by atoms with Crippen LogP contribution in [0, 0.1) is 12.3 Å². The zero-order chi connectivity index (χ0) is 8.27. The SMILES string of the molecule is COCCn1cc(C)sc1=N. The highest BCUT2D eigenvalue weighted by atomic mass is 32.1. The lowest BCUT2D eigenvalue weighted by molar-refractivity contribution is 0.186. The van der Waals surface area contributed by atoms with Crippen LogP contribution in [0.4, 0.5) is 0 Å². The second kappa shape index (κ2) is 3.69. The number of methoxy groups -OCH3 is 1. The Morgan fingerprint density at radius 2 is 2.45 bits per heavy atom. The molecule has 1 N–H and O–H groups in total. The summed E-state index contributed by atoms with van der Waals surface area (Å²) in [7, 11) is 1.67. The molecule has 4 heteroatoms. The Morgan fingerprint density at radius 3 is 2.91 bits per heavy atom. The lowest BCUT2D eigenvalue weighted by atomic mass is 10.6. The molecule has 1 aromatic heterocycles. The molecule has 0 amide bonds. The van der Waals surface area contributed by atoms with Crippen LogP contribution >= 0.6 is 11.3 Å². The van der Waals surface area contributed by atoms with Crippen molar-refractivity contribution in [2.45, 2.75) is 13.5 Å². The molecule has 0 aliphatic rings. The van der Waals surface area contributed by atoms with Crippen molar-refractivity contribution in [1.29, 1.82) is 5.41 Å². The Hall–Kier alpha value is -0.610. The fourth-order valence-corrected chi connectivity index (χ4v) is 1.62. The van der Waals surface area contributed by atoms with Gasteiger partial charge in [-0.25, -0.2) is 0 Å². The third kappa shape index (κ3) is 2.17. The van der Waals surface area contributed by atoms with Gasteiger partial charge in [-0.05, 0) is 6.92 Å². The predicted octanol–water partition coefficient (Wildman–Crippen LogP) is 0.984. The van der Waals surface area contributed by atoms with E-state index >= 15 is 0 Å². The van der Waals surface area contributed by atoms with Crippen LogP contribution in [0.25, 0.3) is 0 Å². The van der Waals surface area contributed by atoms with Crippen molar-refractivity contribution < 1.29 is 4.74 Å². The fourth-order valence-electron chi connectivity index (χ4n) is 0.871. The summed E-state index contributed by atoms with van der Waals surface area (Å²) >= 11 is 1.49. The molecule has 1 aromatic rings. The molecule has 1 rings (SSSR count). The van der Waals surface area contributed by atoms with Crippen LogP contribution in [-0.2, 0) is 11.3 Å². The van der Waals surface area contributed by atoms with Crippen molar-refractivity contribution in [1.82, 2.24) is 4.57 Å². The number of hydrogen-bond donors (Lipinski definition) is 1. The third-order valence-corrected chi connectivity index (χ3v) is 2.25. The molecule has 0 bridgehead atoms. The minimum absolute atomic E-state index is 0.597. The maximum Gasteiger partial charge on any atom is 0.182 e. The highest BCUT2D eigenvalue weighted by Gasteiger charge is 1.95. The van der Waals surface area contributed by atoms with Gasteiger partial charge in [-0.15, -0.1) is 11.3 Å². The van der Waals surface area contributed by atoms with Gasteiger partial charge in [0, 0.05) is 24.7 Å².